The first-order valence-electron chi connectivity index (χ1n) is 11.2. The molecular formula is C23H34N2O4. The van der Waals surface area contributed by atoms with Crippen LogP contribution < -0.4 is 5.43 Å². The molecule has 0 aromatic heterocycles. The maximum atomic E-state index is 11.9. The molecule has 29 heavy (non-hydrogen) atoms. The van der Waals surface area contributed by atoms with Gasteiger partial charge >= 0.3 is 5.97 Å². The second kappa shape index (κ2) is 7.53. The number of carboxylic acid groups (broad SMARTS) is 1. The maximum absolute atomic E-state index is 11.9. The number of fused-ring (bicyclic) bond motifs is 5. The third-order valence-electron chi connectivity index (χ3n) is 8.70. The SMILES string of the molecule is C[C@]12CC[C@H](O)CC1=CC[C@@H]1[C@@H]2CC[C@]2(C)/C(=N\NC(=O)CCC(=O)O)CC[C@@H]12. The van der Waals surface area contributed by atoms with Crippen molar-refractivity contribution in [2.75, 3.05) is 0 Å². The van der Waals surface area contributed by atoms with Gasteiger partial charge in [-0.1, -0.05) is 25.5 Å². The van der Waals surface area contributed by atoms with Crippen LogP contribution in [-0.2, 0) is 9.59 Å². The standard InChI is InChI=1S/C23H34N2O4/c1-22-11-9-15(26)13-14(22)3-4-16-17-5-6-19(23(17,2)12-10-18(16)22)24-25-20(27)7-8-21(28)29/h3,15-18,26H,4-13H2,1-2H3,(H,25,27)(H,28,29)/b24-19-/t15-,16-,17-,18-,22-,23-/m0/s1. The summed E-state index contributed by atoms with van der Waals surface area (Å²) in [5, 5.41) is 23.3. The summed E-state index contributed by atoms with van der Waals surface area (Å²) in [5.41, 5.74) is 5.44. The van der Waals surface area contributed by atoms with E-state index in [0.29, 0.717) is 17.8 Å². The number of carboxylic acids is 1. The van der Waals surface area contributed by atoms with E-state index < -0.39 is 5.97 Å². The Morgan fingerprint density at radius 3 is 2.62 bits per heavy atom. The molecule has 6 atom stereocenters. The second-order valence-electron chi connectivity index (χ2n) is 10.1. The highest BCUT2D eigenvalue weighted by Gasteiger charge is 2.57. The highest BCUT2D eigenvalue weighted by atomic mass is 16.4. The van der Waals surface area contributed by atoms with Crippen molar-refractivity contribution in [1.82, 2.24) is 5.43 Å². The molecular weight excluding hydrogens is 368 g/mol. The summed E-state index contributed by atoms with van der Waals surface area (Å²) >= 11 is 0. The van der Waals surface area contributed by atoms with Crippen molar-refractivity contribution in [3.8, 4) is 0 Å². The van der Waals surface area contributed by atoms with Crippen molar-refractivity contribution < 1.29 is 19.8 Å². The number of hydrogen-bond donors (Lipinski definition) is 3. The summed E-state index contributed by atoms with van der Waals surface area (Å²) < 4.78 is 0. The summed E-state index contributed by atoms with van der Waals surface area (Å²) in [6, 6.07) is 0. The van der Waals surface area contributed by atoms with Gasteiger partial charge in [0, 0.05) is 17.5 Å². The fraction of sp³-hybridized carbons (Fsp3) is 0.783. The molecule has 6 heteroatoms. The molecule has 1 amide bonds. The minimum atomic E-state index is -0.965. The molecule has 0 radical (unpaired) electrons. The Kier molecular flexibility index (Phi) is 5.34. The number of allylic oxidation sites excluding steroid dienone is 1. The fourth-order valence-electron chi connectivity index (χ4n) is 7.02. The number of hydrazone groups is 1. The summed E-state index contributed by atoms with van der Waals surface area (Å²) in [7, 11) is 0. The molecule has 160 valence electrons. The molecule has 0 aromatic rings. The highest BCUT2D eigenvalue weighted by Crippen LogP contribution is 2.64. The number of aliphatic hydroxyl groups excluding tert-OH is 1. The predicted molar refractivity (Wildman–Crippen MR) is 110 cm³/mol. The molecule has 4 aliphatic rings. The molecule has 0 aliphatic heterocycles. The lowest BCUT2D eigenvalue weighted by molar-refractivity contribution is -0.138. The number of amides is 1. The number of carbonyl (C=O) groups is 2. The molecule has 4 rings (SSSR count). The Morgan fingerprint density at radius 1 is 1.14 bits per heavy atom. The molecule has 0 bridgehead atoms. The van der Waals surface area contributed by atoms with E-state index in [4.69, 9.17) is 5.11 Å². The molecule has 0 spiro atoms. The zero-order valence-electron chi connectivity index (χ0n) is 17.6. The van der Waals surface area contributed by atoms with Crippen molar-refractivity contribution in [2.45, 2.75) is 84.2 Å². The highest BCUT2D eigenvalue weighted by molar-refractivity contribution is 5.93. The predicted octanol–water partition coefficient (Wildman–Crippen LogP) is 3.65. The number of rotatable bonds is 4. The summed E-state index contributed by atoms with van der Waals surface area (Å²) in [6.45, 7) is 4.74. The van der Waals surface area contributed by atoms with Gasteiger partial charge in [-0.15, -0.1) is 0 Å². The van der Waals surface area contributed by atoms with Crippen LogP contribution in [0.5, 0.6) is 0 Å². The van der Waals surface area contributed by atoms with E-state index in [0.717, 1.165) is 50.7 Å². The normalized spacial score (nSPS) is 42.4. The topological polar surface area (TPSA) is 99.0 Å². The lowest BCUT2D eigenvalue weighted by Gasteiger charge is -2.57. The number of carbonyl (C=O) groups excluding carboxylic acids is 1. The molecule has 3 saturated carbocycles. The van der Waals surface area contributed by atoms with Crippen LogP contribution >= 0.6 is 0 Å². The summed E-state index contributed by atoms with van der Waals surface area (Å²) in [5.74, 6) is 0.620. The van der Waals surface area contributed by atoms with E-state index in [1.54, 1.807) is 0 Å². The number of nitrogens with zero attached hydrogens (tertiary/aromatic N) is 1. The Hall–Kier alpha value is -1.69. The number of aliphatic carboxylic acids is 1. The van der Waals surface area contributed by atoms with Crippen LogP contribution in [0.15, 0.2) is 16.8 Å². The third kappa shape index (κ3) is 3.54. The molecule has 4 aliphatic carbocycles. The second-order valence-corrected chi connectivity index (χ2v) is 10.1. The summed E-state index contributed by atoms with van der Waals surface area (Å²) in [6.07, 6.45) is 10.3. The third-order valence-corrected chi connectivity index (χ3v) is 8.70. The summed E-state index contributed by atoms with van der Waals surface area (Å²) in [4.78, 5) is 22.6. The molecule has 6 nitrogen and oxygen atoms in total. The van der Waals surface area contributed by atoms with E-state index in [1.165, 1.54) is 12.0 Å². The van der Waals surface area contributed by atoms with Gasteiger partial charge in [0.1, 0.15) is 0 Å². The van der Waals surface area contributed by atoms with Gasteiger partial charge in [-0.05, 0) is 74.5 Å². The Balaban J connectivity index is 1.49. The van der Waals surface area contributed by atoms with E-state index in [9.17, 15) is 14.7 Å². The fourth-order valence-corrected chi connectivity index (χ4v) is 7.02. The van der Waals surface area contributed by atoms with Gasteiger partial charge in [0.25, 0.3) is 0 Å². The van der Waals surface area contributed by atoms with E-state index in [2.05, 4.69) is 30.5 Å². The van der Waals surface area contributed by atoms with Gasteiger partial charge in [-0.25, -0.2) is 5.43 Å². The van der Waals surface area contributed by atoms with Gasteiger partial charge in [0.05, 0.1) is 12.5 Å². The number of nitrogens with one attached hydrogen (secondary N) is 1. The van der Waals surface area contributed by atoms with Gasteiger partial charge < -0.3 is 10.2 Å². The van der Waals surface area contributed by atoms with Crippen LogP contribution in [0.25, 0.3) is 0 Å². The van der Waals surface area contributed by atoms with Gasteiger partial charge in [0.15, 0.2) is 0 Å². The largest absolute Gasteiger partial charge is 0.481 e. The Bertz CT molecular complexity index is 760. The first-order chi connectivity index (χ1) is 13.7. The quantitative estimate of drug-likeness (QED) is 0.494. The molecule has 3 N–H and O–H groups in total. The zero-order chi connectivity index (χ0) is 20.8. The lowest BCUT2D eigenvalue weighted by atomic mass is 9.48. The van der Waals surface area contributed by atoms with Gasteiger partial charge in [0.2, 0.25) is 5.91 Å². The smallest absolute Gasteiger partial charge is 0.303 e. The molecule has 0 heterocycles. The monoisotopic (exact) mass is 402 g/mol. The molecule has 3 fully saturated rings. The van der Waals surface area contributed by atoms with Crippen LogP contribution in [0.3, 0.4) is 0 Å². The molecule has 0 saturated heterocycles. The Morgan fingerprint density at radius 2 is 1.86 bits per heavy atom. The average Bonchev–Trinajstić information content (AvgIpc) is 3.01. The number of aliphatic hydroxyl groups is 1. The van der Waals surface area contributed by atoms with E-state index in [1.807, 2.05) is 0 Å². The van der Waals surface area contributed by atoms with Crippen molar-refractivity contribution in [2.24, 2.45) is 33.7 Å². The van der Waals surface area contributed by atoms with Crippen LogP contribution in [0, 0.1) is 28.6 Å². The van der Waals surface area contributed by atoms with E-state index in [-0.39, 0.29) is 35.7 Å². The number of hydrogen-bond acceptors (Lipinski definition) is 4. The van der Waals surface area contributed by atoms with Crippen molar-refractivity contribution in [3.63, 3.8) is 0 Å². The average molecular weight is 403 g/mol. The van der Waals surface area contributed by atoms with Crippen LogP contribution in [0.1, 0.15) is 78.1 Å². The minimum Gasteiger partial charge on any atom is -0.481 e. The first kappa shape index (κ1) is 20.6. The Labute approximate surface area is 172 Å². The van der Waals surface area contributed by atoms with Crippen molar-refractivity contribution >= 4 is 17.6 Å². The van der Waals surface area contributed by atoms with E-state index >= 15 is 0 Å². The van der Waals surface area contributed by atoms with Crippen molar-refractivity contribution in [3.05, 3.63) is 11.6 Å². The van der Waals surface area contributed by atoms with Crippen molar-refractivity contribution in [1.29, 1.82) is 0 Å². The lowest BCUT2D eigenvalue weighted by Crippen LogP contribution is -2.50. The van der Waals surface area contributed by atoms with Crippen LogP contribution in [-0.4, -0.2) is 33.9 Å². The van der Waals surface area contributed by atoms with Crippen LogP contribution in [0.4, 0.5) is 0 Å². The van der Waals surface area contributed by atoms with Crippen LogP contribution in [0.2, 0.25) is 0 Å². The minimum absolute atomic E-state index is 0.0249. The maximum Gasteiger partial charge on any atom is 0.303 e. The van der Waals surface area contributed by atoms with Gasteiger partial charge in [-0.2, -0.15) is 5.10 Å². The zero-order valence-corrected chi connectivity index (χ0v) is 17.6. The molecule has 0 aromatic carbocycles. The molecule has 0 unspecified atom stereocenters. The van der Waals surface area contributed by atoms with Gasteiger partial charge in [-0.3, -0.25) is 9.59 Å². The first-order valence-corrected chi connectivity index (χ1v) is 11.2.